The molecule has 0 heterocycles. The molecule has 0 radical (unpaired) electrons. The number of carbonyl (C=O) groups is 1. The fraction of sp³-hybridized carbons (Fsp3) is 0.188. The van der Waals surface area contributed by atoms with E-state index >= 15 is 0 Å². The summed E-state index contributed by atoms with van der Waals surface area (Å²) in [7, 11) is -2.34. The molecule has 0 atom stereocenters. The molecule has 2 aromatic carbocycles. The van der Waals surface area contributed by atoms with Gasteiger partial charge >= 0.3 is 0 Å². The van der Waals surface area contributed by atoms with Crippen LogP contribution in [0.4, 0.5) is 11.4 Å². The van der Waals surface area contributed by atoms with Crippen molar-refractivity contribution in [2.24, 2.45) is 0 Å². The third kappa shape index (κ3) is 5.17. The van der Waals surface area contributed by atoms with E-state index in [1.165, 1.54) is 31.4 Å². The molecule has 140 valence electrons. The minimum absolute atomic E-state index is 0.107. The van der Waals surface area contributed by atoms with Crippen molar-refractivity contribution in [1.29, 1.82) is 0 Å². The molecule has 0 aliphatic heterocycles. The van der Waals surface area contributed by atoms with Crippen LogP contribution in [0, 0.1) is 0 Å². The van der Waals surface area contributed by atoms with E-state index in [2.05, 4.69) is 5.32 Å². The maximum absolute atomic E-state index is 12.4. The fourth-order valence-corrected chi connectivity index (χ4v) is 3.76. The van der Waals surface area contributed by atoms with Crippen LogP contribution in [-0.2, 0) is 14.8 Å². The van der Waals surface area contributed by atoms with Crippen molar-refractivity contribution < 1.29 is 17.9 Å². The van der Waals surface area contributed by atoms with E-state index in [-0.39, 0.29) is 10.7 Å². The Morgan fingerprint density at radius 2 is 1.73 bits per heavy atom. The number of amides is 1. The number of hydrogen-bond acceptors (Lipinski definition) is 4. The number of sulfonamides is 1. The summed E-state index contributed by atoms with van der Waals surface area (Å²) in [5.74, 6) is -0.208. The van der Waals surface area contributed by atoms with Crippen molar-refractivity contribution in [3.05, 3.63) is 51.5 Å². The molecule has 1 N–H and O–H groups in total. The molecular formula is C16H15Cl3N2O4S. The molecule has 26 heavy (non-hydrogen) atoms. The van der Waals surface area contributed by atoms with E-state index in [1.807, 2.05) is 0 Å². The Balaban J connectivity index is 2.30. The van der Waals surface area contributed by atoms with Gasteiger partial charge in [-0.1, -0.05) is 34.8 Å². The summed E-state index contributed by atoms with van der Waals surface area (Å²) in [6.07, 6.45) is 0.977. The highest BCUT2D eigenvalue weighted by atomic mass is 35.5. The third-order valence-corrected chi connectivity index (χ3v) is 5.20. The lowest BCUT2D eigenvalue weighted by Crippen LogP contribution is -2.37. The van der Waals surface area contributed by atoms with Gasteiger partial charge in [0.25, 0.3) is 0 Å². The highest BCUT2D eigenvalue weighted by Gasteiger charge is 2.23. The number of nitrogens with one attached hydrogen (secondary N) is 1. The van der Waals surface area contributed by atoms with E-state index in [9.17, 15) is 13.2 Å². The molecule has 2 rings (SSSR count). The minimum atomic E-state index is -3.78. The molecule has 0 aromatic heterocycles. The average molecular weight is 438 g/mol. The van der Waals surface area contributed by atoms with Gasteiger partial charge in [0.1, 0.15) is 12.3 Å². The normalized spacial score (nSPS) is 11.1. The third-order valence-electron chi connectivity index (χ3n) is 3.30. The zero-order valence-corrected chi connectivity index (χ0v) is 16.9. The molecule has 0 saturated heterocycles. The fourth-order valence-electron chi connectivity index (χ4n) is 2.16. The van der Waals surface area contributed by atoms with E-state index in [1.54, 1.807) is 12.1 Å². The number of anilines is 2. The van der Waals surface area contributed by atoms with Crippen LogP contribution in [0.5, 0.6) is 5.75 Å². The Kier molecular flexibility index (Phi) is 6.63. The molecule has 0 aliphatic carbocycles. The van der Waals surface area contributed by atoms with Crippen LogP contribution >= 0.6 is 34.8 Å². The lowest BCUT2D eigenvalue weighted by molar-refractivity contribution is -0.114. The summed E-state index contributed by atoms with van der Waals surface area (Å²) in [4.78, 5) is 12.4. The number of benzene rings is 2. The molecule has 0 unspecified atom stereocenters. The zero-order valence-electron chi connectivity index (χ0n) is 13.8. The summed E-state index contributed by atoms with van der Waals surface area (Å²) in [5, 5.41) is 3.43. The highest BCUT2D eigenvalue weighted by Crippen LogP contribution is 2.31. The molecule has 6 nitrogen and oxygen atoms in total. The largest absolute Gasteiger partial charge is 0.495 e. The van der Waals surface area contributed by atoms with Crippen LogP contribution < -0.4 is 14.4 Å². The summed E-state index contributed by atoms with van der Waals surface area (Å²) in [6.45, 7) is -0.490. The maximum Gasteiger partial charge on any atom is 0.245 e. The van der Waals surface area contributed by atoms with Gasteiger partial charge in [-0.3, -0.25) is 9.10 Å². The summed E-state index contributed by atoms with van der Waals surface area (Å²) in [6, 6.07) is 9.00. The summed E-state index contributed by atoms with van der Waals surface area (Å²) in [5.41, 5.74) is 0.465. The highest BCUT2D eigenvalue weighted by molar-refractivity contribution is 7.92. The first-order valence-electron chi connectivity index (χ1n) is 7.18. The van der Waals surface area contributed by atoms with Crippen LogP contribution in [-0.4, -0.2) is 34.2 Å². The van der Waals surface area contributed by atoms with Crippen LogP contribution in [0.25, 0.3) is 0 Å². The first-order valence-corrected chi connectivity index (χ1v) is 10.2. The maximum atomic E-state index is 12.4. The number of nitrogens with zero attached hydrogens (tertiary/aromatic N) is 1. The Morgan fingerprint density at radius 3 is 2.31 bits per heavy atom. The minimum Gasteiger partial charge on any atom is -0.495 e. The lowest BCUT2D eigenvalue weighted by atomic mass is 10.3. The molecule has 10 heteroatoms. The predicted octanol–water partition coefficient (Wildman–Crippen LogP) is 4.06. The van der Waals surface area contributed by atoms with Gasteiger partial charge in [-0.2, -0.15) is 0 Å². The second kappa shape index (κ2) is 8.35. The number of halogens is 3. The molecule has 0 saturated carbocycles. The van der Waals surface area contributed by atoms with Gasteiger partial charge < -0.3 is 10.1 Å². The second-order valence-electron chi connectivity index (χ2n) is 5.26. The van der Waals surface area contributed by atoms with Crippen LogP contribution in [0.3, 0.4) is 0 Å². The molecule has 0 aliphatic rings. The Morgan fingerprint density at radius 1 is 1.12 bits per heavy atom. The smallest absolute Gasteiger partial charge is 0.245 e. The SMILES string of the molecule is COc1ccc(Cl)cc1NC(=O)CN(c1ccc(Cl)cc1Cl)S(C)(=O)=O. The van der Waals surface area contributed by atoms with Gasteiger partial charge in [0.15, 0.2) is 0 Å². The van der Waals surface area contributed by atoms with Crippen molar-refractivity contribution in [3.63, 3.8) is 0 Å². The Bertz CT molecular complexity index is 935. The average Bonchev–Trinajstić information content (AvgIpc) is 2.52. The van der Waals surface area contributed by atoms with Crippen molar-refractivity contribution >= 4 is 62.1 Å². The zero-order chi connectivity index (χ0) is 19.5. The molecule has 2 aromatic rings. The molecular weight excluding hydrogens is 423 g/mol. The number of carbonyl (C=O) groups excluding carboxylic acids is 1. The number of rotatable bonds is 6. The topological polar surface area (TPSA) is 75.7 Å². The number of methoxy groups -OCH3 is 1. The quantitative estimate of drug-likeness (QED) is 0.739. The van der Waals surface area contributed by atoms with Crippen molar-refractivity contribution in [1.82, 2.24) is 0 Å². The first kappa shape index (κ1) is 20.6. The standard InChI is InChI=1S/C16H15Cl3N2O4S/c1-25-15-6-4-11(18)8-13(15)20-16(22)9-21(26(2,23)24)14-5-3-10(17)7-12(14)19/h3-8H,9H2,1-2H3,(H,20,22). The number of ether oxygens (including phenoxy) is 1. The Hall–Kier alpha value is -1.67. The number of hydrogen-bond donors (Lipinski definition) is 1. The Labute approximate surface area is 166 Å². The van der Waals surface area contributed by atoms with Gasteiger partial charge in [-0.05, 0) is 36.4 Å². The molecule has 0 bridgehead atoms. The van der Waals surface area contributed by atoms with Gasteiger partial charge in [0, 0.05) is 10.0 Å². The summed E-state index contributed by atoms with van der Waals surface area (Å²) < 4.78 is 30.3. The first-order chi connectivity index (χ1) is 12.1. The second-order valence-corrected chi connectivity index (χ2v) is 8.45. The van der Waals surface area contributed by atoms with Crippen LogP contribution in [0.1, 0.15) is 0 Å². The van der Waals surface area contributed by atoms with Crippen molar-refractivity contribution in [2.75, 3.05) is 29.5 Å². The van der Waals surface area contributed by atoms with Crippen LogP contribution in [0.2, 0.25) is 15.1 Å². The molecule has 1 amide bonds. The van der Waals surface area contributed by atoms with Crippen molar-refractivity contribution in [2.45, 2.75) is 0 Å². The van der Waals surface area contributed by atoms with E-state index in [4.69, 9.17) is 39.5 Å². The van der Waals surface area contributed by atoms with Gasteiger partial charge in [0.05, 0.1) is 29.8 Å². The molecule has 0 spiro atoms. The van der Waals surface area contributed by atoms with Gasteiger partial charge in [-0.15, -0.1) is 0 Å². The summed E-state index contributed by atoms with van der Waals surface area (Å²) >= 11 is 17.8. The monoisotopic (exact) mass is 436 g/mol. The van der Waals surface area contributed by atoms with E-state index in [0.29, 0.717) is 21.5 Å². The van der Waals surface area contributed by atoms with Crippen molar-refractivity contribution in [3.8, 4) is 5.75 Å². The van der Waals surface area contributed by atoms with Crippen LogP contribution in [0.15, 0.2) is 36.4 Å². The van der Waals surface area contributed by atoms with E-state index in [0.717, 1.165) is 10.6 Å². The predicted molar refractivity (Wildman–Crippen MR) is 105 cm³/mol. The van der Waals surface area contributed by atoms with Gasteiger partial charge in [0.2, 0.25) is 15.9 Å². The molecule has 0 fully saturated rings. The van der Waals surface area contributed by atoms with Gasteiger partial charge in [-0.25, -0.2) is 8.42 Å². The lowest BCUT2D eigenvalue weighted by Gasteiger charge is -2.23. The van der Waals surface area contributed by atoms with E-state index < -0.39 is 22.5 Å².